The summed E-state index contributed by atoms with van der Waals surface area (Å²) in [4.78, 5) is 0. The van der Waals surface area contributed by atoms with E-state index in [0.29, 0.717) is 18.0 Å². The number of nitrogens with one attached hydrogen (secondary N) is 1. The number of aryl methyl sites for hydroxylation is 1. The number of alkyl halides is 2. The van der Waals surface area contributed by atoms with Crippen LogP contribution in [0.5, 0.6) is 5.75 Å². The molecule has 0 aliphatic heterocycles. The van der Waals surface area contributed by atoms with Gasteiger partial charge in [0.05, 0.1) is 18.3 Å². The smallest absolute Gasteiger partial charge is 0.258 e. The second kappa shape index (κ2) is 5.68. The monoisotopic (exact) mass is 229 g/mol. The minimum Gasteiger partial charge on any atom is -0.492 e. The fraction of sp³-hybridized carbons (Fsp3) is 0.500. The first-order valence-corrected chi connectivity index (χ1v) is 5.32. The highest BCUT2D eigenvalue weighted by atomic mass is 19.3. The second-order valence-electron chi connectivity index (χ2n) is 3.70. The van der Waals surface area contributed by atoms with Crippen LogP contribution in [0.15, 0.2) is 18.2 Å². The van der Waals surface area contributed by atoms with Crippen molar-refractivity contribution >= 4 is 5.69 Å². The molecular formula is C12H17F2NO. The zero-order valence-electron chi connectivity index (χ0n) is 9.76. The predicted octanol–water partition coefficient (Wildman–Crippen LogP) is 3.46. The van der Waals surface area contributed by atoms with Gasteiger partial charge < -0.3 is 10.1 Å². The molecule has 0 amide bonds. The Morgan fingerprint density at radius 1 is 1.38 bits per heavy atom. The molecule has 1 aromatic carbocycles. The summed E-state index contributed by atoms with van der Waals surface area (Å²) in [6.07, 6.45) is -2.39. The van der Waals surface area contributed by atoms with Crippen molar-refractivity contribution in [2.24, 2.45) is 0 Å². The van der Waals surface area contributed by atoms with E-state index in [4.69, 9.17) is 4.74 Å². The first-order valence-electron chi connectivity index (χ1n) is 5.32. The van der Waals surface area contributed by atoms with Gasteiger partial charge >= 0.3 is 0 Å². The Morgan fingerprint density at radius 2 is 2.06 bits per heavy atom. The zero-order valence-corrected chi connectivity index (χ0v) is 9.76. The van der Waals surface area contributed by atoms with Gasteiger partial charge in [-0.1, -0.05) is 6.07 Å². The molecule has 0 fully saturated rings. The van der Waals surface area contributed by atoms with Crippen LogP contribution in [-0.2, 0) is 0 Å². The number of halogens is 2. The second-order valence-corrected chi connectivity index (χ2v) is 3.70. The van der Waals surface area contributed by atoms with Crippen molar-refractivity contribution in [3.05, 3.63) is 23.8 Å². The molecule has 0 radical (unpaired) electrons. The molecule has 1 atom stereocenters. The third kappa shape index (κ3) is 3.36. The SMILES string of the molecule is CCOc1cc(C)ccc1NC(C)C(F)F. The maximum absolute atomic E-state index is 12.4. The Kier molecular flexibility index (Phi) is 4.52. The minimum absolute atomic E-state index is 0.515. The fourth-order valence-corrected chi connectivity index (χ4v) is 1.33. The number of anilines is 1. The molecule has 1 rings (SSSR count). The molecule has 90 valence electrons. The van der Waals surface area contributed by atoms with E-state index in [1.54, 1.807) is 6.07 Å². The number of hydrogen-bond donors (Lipinski definition) is 1. The summed E-state index contributed by atoms with van der Waals surface area (Å²) in [6.45, 7) is 5.76. The quantitative estimate of drug-likeness (QED) is 0.834. The van der Waals surface area contributed by atoms with Gasteiger partial charge in [-0.3, -0.25) is 0 Å². The lowest BCUT2D eigenvalue weighted by molar-refractivity contribution is 0.130. The van der Waals surface area contributed by atoms with Gasteiger partial charge in [-0.2, -0.15) is 0 Å². The van der Waals surface area contributed by atoms with Crippen LogP contribution in [0.3, 0.4) is 0 Å². The molecule has 0 spiro atoms. The molecule has 0 bridgehead atoms. The van der Waals surface area contributed by atoms with E-state index in [0.717, 1.165) is 5.56 Å². The summed E-state index contributed by atoms with van der Waals surface area (Å²) in [5.74, 6) is 0.620. The fourth-order valence-electron chi connectivity index (χ4n) is 1.33. The van der Waals surface area contributed by atoms with Crippen molar-refractivity contribution in [1.29, 1.82) is 0 Å². The van der Waals surface area contributed by atoms with E-state index >= 15 is 0 Å². The topological polar surface area (TPSA) is 21.3 Å². The third-order valence-corrected chi connectivity index (χ3v) is 2.20. The third-order valence-electron chi connectivity index (χ3n) is 2.20. The van der Waals surface area contributed by atoms with Crippen LogP contribution in [0, 0.1) is 6.92 Å². The first kappa shape index (κ1) is 12.7. The molecule has 0 aromatic heterocycles. The van der Waals surface area contributed by atoms with Crippen molar-refractivity contribution in [1.82, 2.24) is 0 Å². The standard InChI is InChI=1S/C12H17F2NO/c1-4-16-11-7-8(2)5-6-10(11)15-9(3)12(13)14/h5-7,9,12,15H,4H2,1-3H3. The molecule has 4 heteroatoms. The molecule has 0 saturated heterocycles. The Morgan fingerprint density at radius 3 is 2.62 bits per heavy atom. The van der Waals surface area contributed by atoms with Crippen LogP contribution >= 0.6 is 0 Å². The lowest BCUT2D eigenvalue weighted by atomic mass is 10.2. The molecule has 0 heterocycles. The molecule has 0 saturated carbocycles. The van der Waals surface area contributed by atoms with Gasteiger partial charge in [-0.25, -0.2) is 8.78 Å². The van der Waals surface area contributed by atoms with Crippen molar-refractivity contribution in [2.75, 3.05) is 11.9 Å². The van der Waals surface area contributed by atoms with Gasteiger partial charge in [-0.15, -0.1) is 0 Å². The van der Waals surface area contributed by atoms with Crippen LogP contribution in [0.1, 0.15) is 19.4 Å². The normalized spacial score (nSPS) is 12.6. The van der Waals surface area contributed by atoms with Gasteiger partial charge in [0, 0.05) is 0 Å². The van der Waals surface area contributed by atoms with E-state index in [2.05, 4.69) is 5.32 Å². The number of hydrogen-bond acceptors (Lipinski definition) is 2. The summed E-state index contributed by atoms with van der Waals surface area (Å²) in [5.41, 5.74) is 1.65. The van der Waals surface area contributed by atoms with Crippen LogP contribution in [-0.4, -0.2) is 19.1 Å². The zero-order chi connectivity index (χ0) is 12.1. The molecule has 1 unspecified atom stereocenters. The molecular weight excluding hydrogens is 212 g/mol. The Balaban J connectivity index is 2.85. The minimum atomic E-state index is -2.39. The van der Waals surface area contributed by atoms with E-state index < -0.39 is 12.5 Å². The highest BCUT2D eigenvalue weighted by Gasteiger charge is 2.15. The molecule has 16 heavy (non-hydrogen) atoms. The van der Waals surface area contributed by atoms with Crippen LogP contribution in [0.25, 0.3) is 0 Å². The maximum atomic E-state index is 12.4. The molecule has 0 aliphatic carbocycles. The largest absolute Gasteiger partial charge is 0.492 e. The summed E-state index contributed by atoms with van der Waals surface area (Å²) >= 11 is 0. The first-order chi connectivity index (χ1) is 7.54. The highest BCUT2D eigenvalue weighted by Crippen LogP contribution is 2.27. The number of ether oxygens (including phenoxy) is 1. The van der Waals surface area contributed by atoms with E-state index in [1.165, 1.54) is 6.92 Å². The van der Waals surface area contributed by atoms with Crippen molar-refractivity contribution in [2.45, 2.75) is 33.2 Å². The highest BCUT2D eigenvalue weighted by molar-refractivity contribution is 5.58. The van der Waals surface area contributed by atoms with Crippen LogP contribution < -0.4 is 10.1 Å². The Hall–Kier alpha value is -1.32. The van der Waals surface area contributed by atoms with Crippen molar-refractivity contribution < 1.29 is 13.5 Å². The van der Waals surface area contributed by atoms with Crippen molar-refractivity contribution in [3.8, 4) is 5.75 Å². The van der Waals surface area contributed by atoms with Gasteiger partial charge in [0.2, 0.25) is 0 Å². The van der Waals surface area contributed by atoms with E-state index in [1.807, 2.05) is 26.0 Å². The molecule has 2 nitrogen and oxygen atoms in total. The summed E-state index contributed by atoms with van der Waals surface area (Å²) < 4.78 is 30.2. The number of benzene rings is 1. The lowest BCUT2D eigenvalue weighted by Crippen LogP contribution is -2.24. The average Bonchev–Trinajstić information content (AvgIpc) is 2.22. The molecule has 1 aromatic rings. The van der Waals surface area contributed by atoms with Gasteiger partial charge in [0.25, 0.3) is 6.43 Å². The van der Waals surface area contributed by atoms with Crippen LogP contribution in [0.2, 0.25) is 0 Å². The maximum Gasteiger partial charge on any atom is 0.258 e. The van der Waals surface area contributed by atoms with Crippen LogP contribution in [0.4, 0.5) is 14.5 Å². The summed E-state index contributed by atoms with van der Waals surface area (Å²) in [6, 6.07) is 4.58. The average molecular weight is 229 g/mol. The number of rotatable bonds is 5. The van der Waals surface area contributed by atoms with E-state index in [9.17, 15) is 8.78 Å². The van der Waals surface area contributed by atoms with Gasteiger partial charge in [-0.05, 0) is 38.5 Å². The Bertz CT molecular complexity index is 342. The Labute approximate surface area is 94.6 Å². The van der Waals surface area contributed by atoms with E-state index in [-0.39, 0.29) is 0 Å². The molecule has 1 N–H and O–H groups in total. The lowest BCUT2D eigenvalue weighted by Gasteiger charge is -2.17. The van der Waals surface area contributed by atoms with Gasteiger partial charge in [0.15, 0.2) is 0 Å². The predicted molar refractivity (Wildman–Crippen MR) is 61.4 cm³/mol. The van der Waals surface area contributed by atoms with Crippen molar-refractivity contribution in [3.63, 3.8) is 0 Å². The summed E-state index contributed by atoms with van der Waals surface area (Å²) in [5, 5.41) is 2.75. The van der Waals surface area contributed by atoms with Gasteiger partial charge in [0.1, 0.15) is 5.75 Å². The molecule has 0 aliphatic rings. The summed E-state index contributed by atoms with van der Waals surface area (Å²) in [7, 11) is 0.